The van der Waals surface area contributed by atoms with E-state index in [2.05, 4.69) is 10.3 Å². The van der Waals surface area contributed by atoms with Gasteiger partial charge in [-0.05, 0) is 30.3 Å². The van der Waals surface area contributed by atoms with Crippen LogP contribution in [0.15, 0.2) is 41.6 Å². The third-order valence-corrected chi connectivity index (χ3v) is 3.74. The van der Waals surface area contributed by atoms with Crippen molar-refractivity contribution in [1.29, 1.82) is 5.26 Å². The molecule has 21 heavy (non-hydrogen) atoms. The van der Waals surface area contributed by atoms with Gasteiger partial charge in [0.1, 0.15) is 6.07 Å². The Hall–Kier alpha value is -2.23. The van der Waals surface area contributed by atoms with Gasteiger partial charge in [0.25, 0.3) is 0 Å². The van der Waals surface area contributed by atoms with Crippen LogP contribution >= 0.6 is 23.4 Å². The lowest BCUT2D eigenvalue weighted by atomic mass is 10.2. The second-order valence-electron chi connectivity index (χ2n) is 4.07. The average Bonchev–Trinajstić information content (AvgIpc) is 2.47. The number of carbonyl (C=O) groups is 1. The molecule has 1 heterocycles. The van der Waals surface area contributed by atoms with Gasteiger partial charge in [-0.15, -0.1) is 0 Å². The van der Waals surface area contributed by atoms with Crippen molar-refractivity contribution in [2.24, 2.45) is 0 Å². The Morgan fingerprint density at radius 1 is 1.43 bits per heavy atom. The summed E-state index contributed by atoms with van der Waals surface area (Å²) in [7, 11) is 0. The van der Waals surface area contributed by atoms with Crippen molar-refractivity contribution in [1.82, 2.24) is 4.98 Å². The van der Waals surface area contributed by atoms with Gasteiger partial charge in [0.2, 0.25) is 5.91 Å². The SMILES string of the molecule is N#Cc1ccc(NC(=O)CSc2ccc(N)cn2)cc1Cl. The molecule has 1 aromatic heterocycles. The van der Waals surface area contributed by atoms with Crippen molar-refractivity contribution in [2.75, 3.05) is 16.8 Å². The number of benzene rings is 1. The monoisotopic (exact) mass is 318 g/mol. The molecule has 0 fully saturated rings. The van der Waals surface area contributed by atoms with Crippen LogP contribution in [0.3, 0.4) is 0 Å². The van der Waals surface area contributed by atoms with Crippen molar-refractivity contribution in [3.05, 3.63) is 47.1 Å². The van der Waals surface area contributed by atoms with Crippen LogP contribution < -0.4 is 11.1 Å². The maximum Gasteiger partial charge on any atom is 0.234 e. The van der Waals surface area contributed by atoms with Gasteiger partial charge in [0.05, 0.1) is 33.2 Å². The van der Waals surface area contributed by atoms with Gasteiger partial charge in [0, 0.05) is 5.69 Å². The van der Waals surface area contributed by atoms with Crippen LogP contribution in [0.25, 0.3) is 0 Å². The molecule has 0 aliphatic rings. The summed E-state index contributed by atoms with van der Waals surface area (Å²) in [6, 6.07) is 10.2. The Morgan fingerprint density at radius 3 is 2.86 bits per heavy atom. The van der Waals surface area contributed by atoms with E-state index in [-0.39, 0.29) is 11.7 Å². The Morgan fingerprint density at radius 2 is 2.24 bits per heavy atom. The van der Waals surface area contributed by atoms with E-state index >= 15 is 0 Å². The molecule has 7 heteroatoms. The minimum Gasteiger partial charge on any atom is -0.397 e. The van der Waals surface area contributed by atoms with E-state index in [1.165, 1.54) is 11.8 Å². The standard InChI is InChI=1S/C14H11ClN4OS/c15-12-5-11(3-1-9(12)6-16)19-13(20)8-21-14-4-2-10(17)7-18-14/h1-5,7H,8,17H2,(H,19,20). The number of pyridine rings is 1. The van der Waals surface area contributed by atoms with Gasteiger partial charge >= 0.3 is 0 Å². The first kappa shape index (κ1) is 15.2. The number of nitriles is 1. The molecule has 0 unspecified atom stereocenters. The highest BCUT2D eigenvalue weighted by Crippen LogP contribution is 2.21. The lowest BCUT2D eigenvalue weighted by molar-refractivity contribution is -0.113. The number of aromatic nitrogens is 1. The zero-order valence-corrected chi connectivity index (χ0v) is 12.4. The van der Waals surface area contributed by atoms with Gasteiger partial charge in [-0.2, -0.15) is 5.26 Å². The van der Waals surface area contributed by atoms with Crippen LogP contribution in [0, 0.1) is 11.3 Å². The van der Waals surface area contributed by atoms with Crippen molar-refractivity contribution < 1.29 is 4.79 Å². The van der Waals surface area contributed by atoms with E-state index in [4.69, 9.17) is 22.6 Å². The predicted octanol–water partition coefficient (Wildman–Crippen LogP) is 2.92. The first-order chi connectivity index (χ1) is 10.1. The highest BCUT2D eigenvalue weighted by Gasteiger charge is 2.06. The number of halogens is 1. The van der Waals surface area contributed by atoms with E-state index in [1.807, 2.05) is 6.07 Å². The summed E-state index contributed by atoms with van der Waals surface area (Å²) in [6.07, 6.45) is 1.54. The molecule has 0 saturated carbocycles. The summed E-state index contributed by atoms with van der Waals surface area (Å²) < 4.78 is 0. The van der Waals surface area contributed by atoms with Crippen LogP contribution in [-0.4, -0.2) is 16.6 Å². The van der Waals surface area contributed by atoms with Gasteiger partial charge in [-0.1, -0.05) is 23.4 Å². The van der Waals surface area contributed by atoms with E-state index in [0.29, 0.717) is 22.0 Å². The summed E-state index contributed by atoms with van der Waals surface area (Å²) in [5, 5.41) is 12.5. The number of anilines is 2. The van der Waals surface area contributed by atoms with E-state index in [0.717, 1.165) is 5.03 Å². The normalized spacial score (nSPS) is 9.90. The van der Waals surface area contributed by atoms with Crippen molar-refractivity contribution in [3.63, 3.8) is 0 Å². The summed E-state index contributed by atoms with van der Waals surface area (Å²) in [6.45, 7) is 0. The van der Waals surface area contributed by atoms with Crippen molar-refractivity contribution in [3.8, 4) is 6.07 Å². The number of hydrogen-bond acceptors (Lipinski definition) is 5. The van der Waals surface area contributed by atoms with Gasteiger partial charge in [-0.3, -0.25) is 4.79 Å². The summed E-state index contributed by atoms with van der Waals surface area (Å²) in [5.41, 5.74) is 7.04. The van der Waals surface area contributed by atoms with Gasteiger partial charge < -0.3 is 11.1 Å². The molecule has 0 aliphatic heterocycles. The van der Waals surface area contributed by atoms with Crippen molar-refractivity contribution >= 4 is 40.6 Å². The minimum atomic E-state index is -0.181. The Balaban J connectivity index is 1.91. The zero-order chi connectivity index (χ0) is 15.2. The minimum absolute atomic E-state index is 0.181. The number of amides is 1. The molecule has 0 radical (unpaired) electrons. The lowest BCUT2D eigenvalue weighted by Gasteiger charge is -2.06. The summed E-state index contributed by atoms with van der Waals surface area (Å²) in [5.74, 6) is 0.0357. The second kappa shape index (κ2) is 6.97. The number of carbonyl (C=O) groups excluding carboxylic acids is 1. The zero-order valence-electron chi connectivity index (χ0n) is 10.8. The number of thioether (sulfide) groups is 1. The summed E-state index contributed by atoms with van der Waals surface area (Å²) >= 11 is 7.20. The number of nitrogens with zero attached hydrogens (tertiary/aromatic N) is 2. The highest BCUT2D eigenvalue weighted by molar-refractivity contribution is 7.99. The molecule has 0 aliphatic carbocycles. The maximum absolute atomic E-state index is 11.8. The first-order valence-corrected chi connectivity index (χ1v) is 7.28. The second-order valence-corrected chi connectivity index (χ2v) is 5.48. The fraction of sp³-hybridized carbons (Fsp3) is 0.0714. The molecule has 2 aromatic rings. The number of nitrogen functional groups attached to an aromatic ring is 1. The Kier molecular flexibility index (Phi) is 5.04. The molecule has 0 spiro atoms. The summed E-state index contributed by atoms with van der Waals surface area (Å²) in [4.78, 5) is 15.9. The maximum atomic E-state index is 11.8. The Labute approximate surface area is 131 Å². The molecule has 1 amide bonds. The fourth-order valence-electron chi connectivity index (χ4n) is 1.50. The smallest absolute Gasteiger partial charge is 0.234 e. The average molecular weight is 319 g/mol. The van der Waals surface area contributed by atoms with E-state index in [1.54, 1.807) is 36.5 Å². The van der Waals surface area contributed by atoms with Crippen LogP contribution in [0.1, 0.15) is 5.56 Å². The molecule has 0 atom stereocenters. The van der Waals surface area contributed by atoms with Crippen LogP contribution in [-0.2, 0) is 4.79 Å². The fourth-order valence-corrected chi connectivity index (χ4v) is 2.36. The van der Waals surface area contributed by atoms with Gasteiger partial charge in [-0.25, -0.2) is 4.98 Å². The molecular weight excluding hydrogens is 308 g/mol. The van der Waals surface area contributed by atoms with Gasteiger partial charge in [0.15, 0.2) is 0 Å². The molecule has 1 aromatic carbocycles. The van der Waals surface area contributed by atoms with Crippen molar-refractivity contribution in [2.45, 2.75) is 5.03 Å². The first-order valence-electron chi connectivity index (χ1n) is 5.92. The van der Waals surface area contributed by atoms with Crippen LogP contribution in [0.4, 0.5) is 11.4 Å². The molecule has 2 rings (SSSR count). The Bertz CT molecular complexity index is 697. The molecule has 0 bridgehead atoms. The predicted molar refractivity (Wildman–Crippen MR) is 84.2 cm³/mol. The molecule has 3 N–H and O–H groups in total. The molecule has 0 saturated heterocycles. The topological polar surface area (TPSA) is 91.8 Å². The number of hydrogen-bond donors (Lipinski definition) is 2. The number of rotatable bonds is 4. The third-order valence-electron chi connectivity index (χ3n) is 2.48. The molecule has 106 valence electrons. The third kappa shape index (κ3) is 4.38. The van der Waals surface area contributed by atoms with Crippen LogP contribution in [0.2, 0.25) is 5.02 Å². The largest absolute Gasteiger partial charge is 0.397 e. The molecular formula is C14H11ClN4OS. The van der Waals surface area contributed by atoms with E-state index in [9.17, 15) is 4.79 Å². The number of nitrogens with two attached hydrogens (primary N) is 1. The molecule has 5 nitrogen and oxygen atoms in total. The quantitative estimate of drug-likeness (QED) is 0.846. The van der Waals surface area contributed by atoms with Crippen LogP contribution in [0.5, 0.6) is 0 Å². The lowest BCUT2D eigenvalue weighted by Crippen LogP contribution is -2.14. The highest BCUT2D eigenvalue weighted by atomic mass is 35.5. The van der Waals surface area contributed by atoms with E-state index < -0.39 is 0 Å². The number of nitrogens with one attached hydrogen (secondary N) is 1.